The summed E-state index contributed by atoms with van der Waals surface area (Å²) < 4.78 is 0. The Balaban J connectivity index is 0. The zero-order valence-corrected chi connectivity index (χ0v) is 11.0. The van der Waals surface area contributed by atoms with E-state index in [-0.39, 0.29) is 18.3 Å². The molecule has 0 aromatic heterocycles. The molecule has 0 saturated carbocycles. The van der Waals surface area contributed by atoms with Gasteiger partial charge in [-0.05, 0) is 25.3 Å². The average Bonchev–Trinajstić information content (AvgIpc) is 2.14. The summed E-state index contributed by atoms with van der Waals surface area (Å²) in [5.41, 5.74) is 0. The SMILES string of the molecule is CCCNCCNC(=O)CCC(C)C.Cl. The number of hydrogen-bond donors (Lipinski definition) is 2. The van der Waals surface area contributed by atoms with Gasteiger partial charge < -0.3 is 10.6 Å². The molecule has 92 valence electrons. The minimum Gasteiger partial charge on any atom is -0.355 e. The lowest BCUT2D eigenvalue weighted by atomic mass is 10.1. The van der Waals surface area contributed by atoms with Gasteiger partial charge in [0.15, 0.2) is 0 Å². The first-order valence-electron chi connectivity index (χ1n) is 5.64. The van der Waals surface area contributed by atoms with E-state index < -0.39 is 0 Å². The van der Waals surface area contributed by atoms with Crippen molar-refractivity contribution in [3.05, 3.63) is 0 Å². The lowest BCUT2D eigenvalue weighted by molar-refractivity contribution is -0.121. The quantitative estimate of drug-likeness (QED) is 0.633. The largest absolute Gasteiger partial charge is 0.355 e. The highest BCUT2D eigenvalue weighted by molar-refractivity contribution is 5.85. The number of nitrogens with one attached hydrogen (secondary N) is 2. The molecule has 1 amide bonds. The molecule has 0 radical (unpaired) electrons. The first-order valence-corrected chi connectivity index (χ1v) is 5.64. The molecule has 0 heterocycles. The van der Waals surface area contributed by atoms with Gasteiger partial charge in [-0.25, -0.2) is 0 Å². The fourth-order valence-electron chi connectivity index (χ4n) is 1.10. The average molecular weight is 237 g/mol. The van der Waals surface area contributed by atoms with Crippen molar-refractivity contribution in [1.29, 1.82) is 0 Å². The molecule has 3 nitrogen and oxygen atoms in total. The van der Waals surface area contributed by atoms with Crippen molar-refractivity contribution in [2.75, 3.05) is 19.6 Å². The number of halogens is 1. The van der Waals surface area contributed by atoms with E-state index in [1.54, 1.807) is 0 Å². The number of amides is 1. The summed E-state index contributed by atoms with van der Waals surface area (Å²) in [6.45, 7) is 9.06. The van der Waals surface area contributed by atoms with Crippen LogP contribution in [-0.2, 0) is 4.79 Å². The van der Waals surface area contributed by atoms with Gasteiger partial charge >= 0.3 is 0 Å². The minimum atomic E-state index is 0. The first kappa shape index (κ1) is 17.1. The highest BCUT2D eigenvalue weighted by Crippen LogP contribution is 2.02. The first-order chi connectivity index (χ1) is 6.66. The van der Waals surface area contributed by atoms with Crippen molar-refractivity contribution in [3.63, 3.8) is 0 Å². The highest BCUT2D eigenvalue weighted by atomic mass is 35.5. The number of carbonyl (C=O) groups is 1. The third-order valence-corrected chi connectivity index (χ3v) is 2.00. The zero-order chi connectivity index (χ0) is 10.8. The lowest BCUT2D eigenvalue weighted by Gasteiger charge is -2.07. The van der Waals surface area contributed by atoms with Gasteiger partial charge in [-0.1, -0.05) is 20.8 Å². The Labute approximate surface area is 99.8 Å². The van der Waals surface area contributed by atoms with Crippen LogP contribution in [0.15, 0.2) is 0 Å². The standard InChI is InChI=1S/C11H24N2O.ClH/c1-4-7-12-8-9-13-11(14)6-5-10(2)3;/h10,12H,4-9H2,1-3H3,(H,13,14);1H. The summed E-state index contributed by atoms with van der Waals surface area (Å²) in [6, 6.07) is 0. The topological polar surface area (TPSA) is 41.1 Å². The fourth-order valence-corrected chi connectivity index (χ4v) is 1.10. The molecule has 15 heavy (non-hydrogen) atoms. The Hall–Kier alpha value is -0.280. The normalized spacial score (nSPS) is 9.87. The second-order valence-corrected chi connectivity index (χ2v) is 4.03. The minimum absolute atomic E-state index is 0. The number of carbonyl (C=O) groups excluding carboxylic acids is 1. The summed E-state index contributed by atoms with van der Waals surface area (Å²) in [4.78, 5) is 11.2. The van der Waals surface area contributed by atoms with Crippen molar-refractivity contribution < 1.29 is 4.79 Å². The molecule has 0 saturated heterocycles. The van der Waals surface area contributed by atoms with Crippen LogP contribution in [0.3, 0.4) is 0 Å². The predicted octanol–water partition coefficient (Wildman–Crippen LogP) is 1.96. The lowest BCUT2D eigenvalue weighted by Crippen LogP contribution is -2.32. The van der Waals surface area contributed by atoms with E-state index >= 15 is 0 Å². The third-order valence-electron chi connectivity index (χ3n) is 2.00. The maximum absolute atomic E-state index is 11.2. The molecule has 0 aliphatic rings. The number of rotatable bonds is 8. The molecule has 4 heteroatoms. The molecular formula is C11H25ClN2O. The maximum Gasteiger partial charge on any atom is 0.220 e. The Bertz CT molecular complexity index is 152. The van der Waals surface area contributed by atoms with Crippen LogP contribution in [0.2, 0.25) is 0 Å². The second-order valence-electron chi connectivity index (χ2n) is 4.03. The molecule has 0 aliphatic carbocycles. The maximum atomic E-state index is 11.2. The molecule has 0 rings (SSSR count). The van der Waals surface area contributed by atoms with Gasteiger partial charge in [0.05, 0.1) is 0 Å². The van der Waals surface area contributed by atoms with Crippen LogP contribution in [0.1, 0.15) is 40.0 Å². The van der Waals surface area contributed by atoms with Crippen molar-refractivity contribution >= 4 is 18.3 Å². The van der Waals surface area contributed by atoms with E-state index in [1.807, 2.05) is 0 Å². The molecule has 2 N–H and O–H groups in total. The van der Waals surface area contributed by atoms with Gasteiger partial charge in [-0.2, -0.15) is 0 Å². The van der Waals surface area contributed by atoms with Crippen LogP contribution >= 0.6 is 12.4 Å². The summed E-state index contributed by atoms with van der Waals surface area (Å²) >= 11 is 0. The van der Waals surface area contributed by atoms with Crippen molar-refractivity contribution in [2.45, 2.75) is 40.0 Å². The van der Waals surface area contributed by atoms with E-state index in [4.69, 9.17) is 0 Å². The Morgan fingerprint density at radius 3 is 2.40 bits per heavy atom. The van der Waals surface area contributed by atoms with Crippen LogP contribution in [-0.4, -0.2) is 25.5 Å². The van der Waals surface area contributed by atoms with Crippen LogP contribution < -0.4 is 10.6 Å². The van der Waals surface area contributed by atoms with E-state index in [9.17, 15) is 4.79 Å². The number of hydrogen-bond acceptors (Lipinski definition) is 2. The van der Waals surface area contributed by atoms with Gasteiger partial charge in [0, 0.05) is 19.5 Å². The van der Waals surface area contributed by atoms with Crippen molar-refractivity contribution in [3.8, 4) is 0 Å². The molecule has 0 unspecified atom stereocenters. The Kier molecular flexibility index (Phi) is 13.5. The second kappa shape index (κ2) is 11.8. The van der Waals surface area contributed by atoms with Crippen LogP contribution in [0.4, 0.5) is 0 Å². The molecule has 0 atom stereocenters. The molecule has 0 bridgehead atoms. The third kappa shape index (κ3) is 13.7. The van der Waals surface area contributed by atoms with Gasteiger partial charge in [0.2, 0.25) is 5.91 Å². The van der Waals surface area contributed by atoms with Crippen LogP contribution in [0.25, 0.3) is 0 Å². The summed E-state index contributed by atoms with van der Waals surface area (Å²) in [5.74, 6) is 0.788. The van der Waals surface area contributed by atoms with Crippen molar-refractivity contribution in [2.24, 2.45) is 5.92 Å². The fraction of sp³-hybridized carbons (Fsp3) is 0.909. The van der Waals surface area contributed by atoms with E-state index in [1.165, 1.54) is 0 Å². The smallest absolute Gasteiger partial charge is 0.220 e. The highest BCUT2D eigenvalue weighted by Gasteiger charge is 2.01. The summed E-state index contributed by atoms with van der Waals surface area (Å²) in [5, 5.41) is 6.14. The molecule has 0 aliphatic heterocycles. The Morgan fingerprint density at radius 1 is 1.20 bits per heavy atom. The predicted molar refractivity (Wildman–Crippen MR) is 67.5 cm³/mol. The van der Waals surface area contributed by atoms with E-state index in [0.29, 0.717) is 12.3 Å². The van der Waals surface area contributed by atoms with E-state index in [0.717, 1.165) is 32.5 Å². The molecule has 0 aromatic carbocycles. The molecule has 0 aromatic rings. The van der Waals surface area contributed by atoms with Gasteiger partial charge in [0.1, 0.15) is 0 Å². The monoisotopic (exact) mass is 236 g/mol. The van der Waals surface area contributed by atoms with Gasteiger partial charge in [0.25, 0.3) is 0 Å². The molecule has 0 spiro atoms. The van der Waals surface area contributed by atoms with Crippen molar-refractivity contribution in [1.82, 2.24) is 10.6 Å². The Morgan fingerprint density at radius 2 is 1.87 bits per heavy atom. The molecular weight excluding hydrogens is 212 g/mol. The zero-order valence-electron chi connectivity index (χ0n) is 10.1. The van der Waals surface area contributed by atoms with Gasteiger partial charge in [-0.15, -0.1) is 12.4 Å². The van der Waals surface area contributed by atoms with Gasteiger partial charge in [-0.3, -0.25) is 4.79 Å². The molecule has 0 fully saturated rings. The summed E-state index contributed by atoms with van der Waals surface area (Å²) in [7, 11) is 0. The summed E-state index contributed by atoms with van der Waals surface area (Å²) in [6.07, 6.45) is 2.78. The van der Waals surface area contributed by atoms with E-state index in [2.05, 4.69) is 31.4 Å². The van der Waals surface area contributed by atoms with Crippen LogP contribution in [0.5, 0.6) is 0 Å². The van der Waals surface area contributed by atoms with Crippen LogP contribution in [0, 0.1) is 5.92 Å².